The topological polar surface area (TPSA) is 306 Å². The van der Waals surface area contributed by atoms with Crippen molar-refractivity contribution in [3.8, 4) is 0 Å². The van der Waals surface area contributed by atoms with Crippen LogP contribution in [0.5, 0.6) is 0 Å². The molecule has 1 aromatic carbocycles. The molecular formula is C19H21N7O12P2. The highest BCUT2D eigenvalue weighted by atomic mass is 31.2. The summed E-state index contributed by atoms with van der Waals surface area (Å²) in [7, 11) is -10.5. The van der Waals surface area contributed by atoms with Crippen LogP contribution in [0.4, 0.5) is 11.6 Å². The zero-order chi connectivity index (χ0) is 29.7. The van der Waals surface area contributed by atoms with Gasteiger partial charge in [0.25, 0.3) is 5.91 Å². The summed E-state index contributed by atoms with van der Waals surface area (Å²) < 4.78 is 29.6. The van der Waals surface area contributed by atoms with Crippen LogP contribution in [0.1, 0.15) is 28.9 Å². The van der Waals surface area contributed by atoms with Crippen LogP contribution in [-0.4, -0.2) is 63.4 Å². The van der Waals surface area contributed by atoms with Crippen molar-refractivity contribution in [2.45, 2.75) is 25.4 Å². The van der Waals surface area contributed by atoms with E-state index in [9.17, 15) is 28.3 Å². The molecule has 3 rings (SSSR count). The number of amides is 1. The third kappa shape index (κ3) is 9.19. The number of hydrogen-bond donors (Lipinski definition) is 8. The number of nitrogen functional groups attached to an aromatic ring is 1. The fourth-order valence-corrected chi connectivity index (χ4v) is 3.83. The van der Waals surface area contributed by atoms with Crippen molar-refractivity contribution in [3.63, 3.8) is 0 Å². The number of carbonyl (C=O) groups is 3. The number of nitrogens with zero attached hydrogens (tertiary/aromatic N) is 3. The summed E-state index contributed by atoms with van der Waals surface area (Å²) in [6.45, 7) is 0.124. The highest BCUT2D eigenvalue weighted by molar-refractivity contribution is 7.47. The maximum atomic E-state index is 12.6. The number of aromatic amines is 1. The van der Waals surface area contributed by atoms with E-state index < -0.39 is 57.9 Å². The number of benzene rings is 1. The lowest BCUT2D eigenvalue weighted by Gasteiger charge is -2.18. The summed E-state index contributed by atoms with van der Waals surface area (Å²) in [5, 5.41) is 5.12. The van der Waals surface area contributed by atoms with E-state index in [0.29, 0.717) is 11.4 Å². The molecule has 3 aromatic rings. The Morgan fingerprint density at radius 1 is 1.02 bits per heavy atom. The minimum absolute atomic E-state index is 0.0117. The second kappa shape index (κ2) is 12.3. The highest BCUT2D eigenvalue weighted by Crippen LogP contribution is 2.37. The smallest absolute Gasteiger partial charge is 0.379 e. The first-order valence-corrected chi connectivity index (χ1v) is 13.9. The molecule has 0 fully saturated rings. The number of aromatic nitrogens is 4. The molecule has 2 heterocycles. The SMILES string of the molecule is Nc1nc(=O)c2nc(CNc3ccc(C(=O)N[C@@H](CCC(=O)OP(=O)(O)O)C(=O)OP(=O)(O)O)cc3)cnc2[nH]1. The normalized spacial score (nSPS) is 12.4. The van der Waals surface area contributed by atoms with Crippen LogP contribution in [-0.2, 0) is 34.3 Å². The van der Waals surface area contributed by atoms with Crippen molar-refractivity contribution in [1.82, 2.24) is 25.3 Å². The first-order valence-electron chi connectivity index (χ1n) is 10.8. The Kier molecular flexibility index (Phi) is 9.31. The molecule has 0 unspecified atom stereocenters. The zero-order valence-electron chi connectivity index (χ0n) is 20.0. The molecule has 21 heteroatoms. The molecule has 0 aliphatic rings. The van der Waals surface area contributed by atoms with Crippen LogP contribution < -0.4 is 21.9 Å². The molecular weight excluding hydrogens is 580 g/mol. The Bertz CT molecular complexity index is 1580. The van der Waals surface area contributed by atoms with Gasteiger partial charge < -0.3 is 30.4 Å². The summed E-state index contributed by atoms with van der Waals surface area (Å²) >= 11 is 0. The second-order valence-corrected chi connectivity index (χ2v) is 10.2. The van der Waals surface area contributed by atoms with Crippen LogP contribution in [0.2, 0.25) is 0 Å². The maximum absolute atomic E-state index is 12.6. The van der Waals surface area contributed by atoms with E-state index >= 15 is 0 Å². The first-order chi connectivity index (χ1) is 18.6. The van der Waals surface area contributed by atoms with Gasteiger partial charge in [-0.05, 0) is 30.7 Å². The Hall–Kier alpha value is -4.25. The minimum Gasteiger partial charge on any atom is -0.379 e. The van der Waals surface area contributed by atoms with Gasteiger partial charge in [0.15, 0.2) is 11.2 Å². The fraction of sp³-hybridized carbons (Fsp3) is 0.211. The van der Waals surface area contributed by atoms with Crippen LogP contribution in [0.25, 0.3) is 11.2 Å². The number of phosphoric ester groups is 2. The number of hydrogen-bond acceptors (Lipinski definition) is 13. The highest BCUT2D eigenvalue weighted by Gasteiger charge is 2.31. The lowest BCUT2D eigenvalue weighted by atomic mass is 10.1. The van der Waals surface area contributed by atoms with Gasteiger partial charge in [0.2, 0.25) is 5.95 Å². The standard InChI is InChI=1S/C19H21N7O12P2/c20-19-25-15-14(17(29)26-19)23-11(8-22-15)7-21-10-3-1-9(2-4-10)16(28)24-12(18(30)38-40(34,35)36)5-6-13(27)37-39(31,32)33/h1-4,8,12,21H,5-7H2,(H,24,28)(H2,31,32,33)(H2,34,35,36)(H3,20,22,25,26,29)/t12-/m0/s1. The molecule has 0 saturated carbocycles. The Balaban J connectivity index is 1.65. The van der Waals surface area contributed by atoms with E-state index in [1.54, 1.807) is 0 Å². The van der Waals surface area contributed by atoms with E-state index in [-0.39, 0.29) is 29.2 Å². The molecule has 0 aliphatic heterocycles. The Labute approximate surface area is 222 Å². The van der Waals surface area contributed by atoms with Gasteiger partial charge in [-0.15, -0.1) is 0 Å². The summed E-state index contributed by atoms with van der Waals surface area (Å²) in [5.74, 6) is -4.05. The largest absolute Gasteiger partial charge is 0.527 e. The number of phosphoric acid groups is 2. The van der Waals surface area contributed by atoms with E-state index in [0.717, 1.165) is 0 Å². The van der Waals surface area contributed by atoms with Gasteiger partial charge in [0.05, 0.1) is 18.4 Å². The van der Waals surface area contributed by atoms with Gasteiger partial charge >= 0.3 is 33.1 Å². The lowest BCUT2D eigenvalue weighted by Crippen LogP contribution is -2.42. The van der Waals surface area contributed by atoms with Crippen molar-refractivity contribution >= 4 is 56.3 Å². The number of carbonyl (C=O) groups excluding carboxylic acids is 3. The Morgan fingerprint density at radius 2 is 1.68 bits per heavy atom. The fourth-order valence-electron chi connectivity index (χ4n) is 3.11. The summed E-state index contributed by atoms with van der Waals surface area (Å²) in [6.07, 6.45) is -0.0813. The van der Waals surface area contributed by atoms with Crippen molar-refractivity contribution in [2.24, 2.45) is 0 Å². The second-order valence-electron chi connectivity index (χ2n) is 7.84. The van der Waals surface area contributed by atoms with Gasteiger partial charge in [-0.1, -0.05) is 0 Å². The van der Waals surface area contributed by atoms with Gasteiger partial charge in [0.1, 0.15) is 6.04 Å². The molecule has 0 bridgehead atoms. The summed E-state index contributed by atoms with van der Waals surface area (Å²) in [5.41, 5.74) is 5.84. The molecule has 0 radical (unpaired) electrons. The van der Waals surface area contributed by atoms with Crippen LogP contribution in [0.3, 0.4) is 0 Å². The molecule has 214 valence electrons. The van der Waals surface area contributed by atoms with E-state index in [1.807, 2.05) is 0 Å². The van der Waals surface area contributed by atoms with E-state index in [4.69, 9.17) is 25.3 Å². The van der Waals surface area contributed by atoms with Crippen LogP contribution in [0.15, 0.2) is 35.3 Å². The molecule has 2 aromatic heterocycles. The molecule has 40 heavy (non-hydrogen) atoms. The van der Waals surface area contributed by atoms with Gasteiger partial charge in [-0.2, -0.15) is 4.98 Å². The summed E-state index contributed by atoms with van der Waals surface area (Å²) in [4.78, 5) is 97.8. The predicted molar refractivity (Wildman–Crippen MR) is 133 cm³/mol. The maximum Gasteiger partial charge on any atom is 0.527 e. The third-order valence-corrected chi connectivity index (χ3v) is 5.63. The number of nitrogens with one attached hydrogen (secondary N) is 3. The van der Waals surface area contributed by atoms with Crippen LogP contribution >= 0.6 is 15.6 Å². The molecule has 1 atom stereocenters. The monoisotopic (exact) mass is 601 g/mol. The van der Waals surface area contributed by atoms with Crippen molar-refractivity contribution < 1.29 is 52.1 Å². The van der Waals surface area contributed by atoms with Crippen molar-refractivity contribution in [2.75, 3.05) is 11.1 Å². The average Bonchev–Trinajstić information content (AvgIpc) is 2.83. The minimum atomic E-state index is -5.32. The molecule has 0 spiro atoms. The van der Waals surface area contributed by atoms with Gasteiger partial charge in [-0.3, -0.25) is 34.0 Å². The number of H-pyrrole nitrogens is 1. The number of fused-ring (bicyclic) bond motifs is 1. The number of rotatable bonds is 11. The van der Waals surface area contributed by atoms with Gasteiger partial charge in [-0.25, -0.2) is 23.9 Å². The van der Waals surface area contributed by atoms with Crippen molar-refractivity contribution in [3.05, 3.63) is 52.1 Å². The number of nitrogens with two attached hydrogens (primary N) is 1. The zero-order valence-corrected chi connectivity index (χ0v) is 21.7. The first kappa shape index (κ1) is 30.3. The molecule has 0 saturated heterocycles. The third-order valence-electron chi connectivity index (χ3n) is 4.77. The van der Waals surface area contributed by atoms with E-state index in [1.165, 1.54) is 30.5 Å². The van der Waals surface area contributed by atoms with Crippen LogP contribution in [0, 0.1) is 0 Å². The number of anilines is 2. The lowest BCUT2D eigenvalue weighted by molar-refractivity contribution is -0.139. The molecule has 0 aliphatic carbocycles. The van der Waals surface area contributed by atoms with E-state index in [2.05, 4.69) is 39.6 Å². The van der Waals surface area contributed by atoms with Crippen molar-refractivity contribution in [1.29, 1.82) is 0 Å². The van der Waals surface area contributed by atoms with Gasteiger partial charge in [0, 0.05) is 17.7 Å². The predicted octanol–water partition coefficient (Wildman–Crippen LogP) is -0.942. The molecule has 19 nitrogen and oxygen atoms in total. The average molecular weight is 601 g/mol. The quantitative estimate of drug-likeness (QED) is 0.123. The Morgan fingerprint density at radius 3 is 2.30 bits per heavy atom. The summed E-state index contributed by atoms with van der Waals surface area (Å²) in [6, 6.07) is 3.81. The molecule has 9 N–H and O–H groups in total. The molecule has 1 amide bonds.